The lowest BCUT2D eigenvalue weighted by Gasteiger charge is -2.43. The summed E-state index contributed by atoms with van der Waals surface area (Å²) in [5.41, 5.74) is 1.40. The first-order valence-corrected chi connectivity index (χ1v) is 18.7. The molecule has 4 aliphatic heterocycles. The number of benzene rings is 1. The third-order valence-electron chi connectivity index (χ3n) is 12.2. The number of likely N-dealkylation sites (N-methyl/N-ethyl adjacent to an activating group) is 1. The second kappa shape index (κ2) is 13.6. The summed E-state index contributed by atoms with van der Waals surface area (Å²) in [6.45, 7) is 10.2. The van der Waals surface area contributed by atoms with E-state index >= 15 is 0 Å². The summed E-state index contributed by atoms with van der Waals surface area (Å²) in [5.74, 6) is -0.0158. The zero-order valence-corrected chi connectivity index (χ0v) is 29.4. The number of carbonyl (C=O) groups excluding carboxylic acids is 3. The van der Waals surface area contributed by atoms with Crippen molar-refractivity contribution in [3.05, 3.63) is 34.9 Å². The Morgan fingerprint density at radius 1 is 0.872 bits per heavy atom. The van der Waals surface area contributed by atoms with Crippen LogP contribution in [0.1, 0.15) is 83.1 Å². The van der Waals surface area contributed by atoms with Crippen LogP contribution in [0.3, 0.4) is 0 Å². The average molecular weight is 668 g/mol. The predicted molar refractivity (Wildman–Crippen MR) is 182 cm³/mol. The maximum absolute atomic E-state index is 15.0. The van der Waals surface area contributed by atoms with Crippen LogP contribution in [0.5, 0.6) is 0 Å². The van der Waals surface area contributed by atoms with E-state index in [-0.39, 0.29) is 47.1 Å². The highest BCUT2D eigenvalue weighted by Crippen LogP contribution is 2.43. The molecule has 47 heavy (non-hydrogen) atoms. The number of piperazine rings is 1. The molecule has 1 aromatic rings. The van der Waals surface area contributed by atoms with Crippen LogP contribution in [-0.4, -0.2) is 132 Å². The SMILES string of the molecule is CN1CCN(C(=O)[C@H]2CC(N(C(=O)[C@@H]3CCCO3)C3CCC(C)(C)CC3)CN2C(=O)[C@@H]2CN(C3CC3)C[C@H]2c2ccc(Cl)cc2)CC1. The minimum absolute atomic E-state index is 0.0448. The standard InChI is InChI=1S/C37H54ClN5O4/c1-37(2)14-12-28(13-15-37)43(36(46)33-5-4-20-47-33)29-21-32(35(45)40-18-16-39(3)17-19-40)42(22-29)34(44)31-24-41(27-10-11-27)23-30(31)25-6-8-26(38)9-7-25/h6-9,27-33H,4-5,10-24H2,1-3H3/t29?,30-,31+,32+,33-/m0/s1. The van der Waals surface area contributed by atoms with E-state index in [1.165, 1.54) is 12.8 Å². The van der Waals surface area contributed by atoms with Crippen molar-refractivity contribution in [1.82, 2.24) is 24.5 Å². The predicted octanol–water partition coefficient (Wildman–Crippen LogP) is 4.24. The molecule has 5 atom stereocenters. The van der Waals surface area contributed by atoms with Gasteiger partial charge in [-0.15, -0.1) is 0 Å². The van der Waals surface area contributed by atoms with E-state index in [2.05, 4.69) is 47.7 Å². The third kappa shape index (κ3) is 7.10. The molecule has 0 radical (unpaired) electrons. The molecule has 2 saturated carbocycles. The van der Waals surface area contributed by atoms with Crippen molar-refractivity contribution in [3.63, 3.8) is 0 Å². The molecule has 6 aliphatic rings. The van der Waals surface area contributed by atoms with E-state index < -0.39 is 12.1 Å². The summed E-state index contributed by atoms with van der Waals surface area (Å²) in [6, 6.07) is 7.87. The molecular weight excluding hydrogens is 614 g/mol. The number of nitrogens with zero attached hydrogens (tertiary/aromatic N) is 5. The van der Waals surface area contributed by atoms with Gasteiger partial charge in [0, 0.05) is 75.4 Å². The number of amides is 3. The molecule has 3 amide bonds. The van der Waals surface area contributed by atoms with Crippen molar-refractivity contribution in [1.29, 1.82) is 0 Å². The van der Waals surface area contributed by atoms with E-state index in [0.717, 1.165) is 63.7 Å². The van der Waals surface area contributed by atoms with Crippen LogP contribution < -0.4 is 0 Å². The first-order chi connectivity index (χ1) is 22.6. The van der Waals surface area contributed by atoms with Crippen molar-refractivity contribution < 1.29 is 19.1 Å². The van der Waals surface area contributed by atoms with Gasteiger partial charge in [-0.25, -0.2) is 0 Å². The van der Waals surface area contributed by atoms with Crippen LogP contribution in [-0.2, 0) is 19.1 Å². The normalized spacial score (nSPS) is 32.2. The summed E-state index contributed by atoms with van der Waals surface area (Å²) < 4.78 is 5.97. The molecule has 10 heteroatoms. The number of rotatable bonds is 7. The first kappa shape index (κ1) is 33.3. The lowest BCUT2D eigenvalue weighted by atomic mass is 9.75. The van der Waals surface area contributed by atoms with Gasteiger partial charge in [0.15, 0.2) is 0 Å². The van der Waals surface area contributed by atoms with Gasteiger partial charge in [-0.05, 0) is 87.9 Å². The summed E-state index contributed by atoms with van der Waals surface area (Å²) in [7, 11) is 2.09. The van der Waals surface area contributed by atoms with E-state index in [4.69, 9.17) is 16.3 Å². The van der Waals surface area contributed by atoms with Crippen molar-refractivity contribution >= 4 is 29.3 Å². The minimum atomic E-state index is -0.559. The third-order valence-corrected chi connectivity index (χ3v) is 12.5. The van der Waals surface area contributed by atoms with Crippen LogP contribution in [0.2, 0.25) is 5.02 Å². The van der Waals surface area contributed by atoms with Crippen molar-refractivity contribution in [2.75, 3.05) is 59.5 Å². The van der Waals surface area contributed by atoms with Crippen LogP contribution in [0, 0.1) is 11.3 Å². The number of ether oxygens (including phenoxy) is 1. The Labute approximate surface area is 285 Å². The van der Waals surface area contributed by atoms with E-state index in [1.54, 1.807) is 0 Å². The number of hydrogen-bond acceptors (Lipinski definition) is 6. The monoisotopic (exact) mass is 667 g/mol. The van der Waals surface area contributed by atoms with Gasteiger partial charge in [0.1, 0.15) is 12.1 Å². The highest BCUT2D eigenvalue weighted by molar-refractivity contribution is 6.30. The number of likely N-dealkylation sites (tertiary alicyclic amines) is 2. The van der Waals surface area contributed by atoms with Crippen molar-refractivity contribution in [3.8, 4) is 0 Å². The number of carbonyl (C=O) groups is 3. The zero-order chi connectivity index (χ0) is 32.9. The molecule has 1 aromatic carbocycles. The molecule has 1 unspecified atom stereocenters. The van der Waals surface area contributed by atoms with Gasteiger partial charge >= 0.3 is 0 Å². The smallest absolute Gasteiger partial charge is 0.252 e. The average Bonchev–Trinajstić information content (AvgIpc) is 3.42. The molecular formula is C37H54ClN5O4. The van der Waals surface area contributed by atoms with Crippen molar-refractivity contribution in [2.24, 2.45) is 11.3 Å². The summed E-state index contributed by atoms with van der Waals surface area (Å²) in [5, 5.41) is 0.691. The number of halogens is 1. The van der Waals surface area contributed by atoms with Crippen LogP contribution in [0.15, 0.2) is 24.3 Å². The second-order valence-corrected chi connectivity index (χ2v) is 16.6. The molecule has 0 spiro atoms. The zero-order valence-electron chi connectivity index (χ0n) is 28.6. The van der Waals surface area contributed by atoms with E-state index in [1.807, 2.05) is 21.9 Å². The van der Waals surface area contributed by atoms with Crippen LogP contribution >= 0.6 is 11.6 Å². The first-order valence-electron chi connectivity index (χ1n) is 18.3. The highest BCUT2D eigenvalue weighted by Gasteiger charge is 2.52. The van der Waals surface area contributed by atoms with Gasteiger partial charge in [0.25, 0.3) is 5.91 Å². The molecule has 4 saturated heterocycles. The summed E-state index contributed by atoms with van der Waals surface area (Å²) >= 11 is 6.27. The van der Waals surface area contributed by atoms with Gasteiger partial charge in [0.2, 0.25) is 11.8 Å². The fraction of sp³-hybridized carbons (Fsp3) is 0.757. The Kier molecular flexibility index (Phi) is 9.64. The van der Waals surface area contributed by atoms with E-state index in [9.17, 15) is 14.4 Å². The Bertz CT molecular complexity index is 1300. The Morgan fingerprint density at radius 3 is 2.21 bits per heavy atom. The Balaban J connectivity index is 1.19. The van der Waals surface area contributed by atoms with Crippen molar-refractivity contribution in [2.45, 2.75) is 108 Å². The fourth-order valence-corrected chi connectivity index (χ4v) is 9.20. The maximum Gasteiger partial charge on any atom is 0.252 e. The molecule has 2 aliphatic carbocycles. The van der Waals surface area contributed by atoms with Gasteiger partial charge in [-0.1, -0.05) is 37.6 Å². The molecule has 258 valence electrons. The lowest BCUT2D eigenvalue weighted by Crippen LogP contribution is -2.54. The summed E-state index contributed by atoms with van der Waals surface area (Å²) in [4.78, 5) is 54.4. The molecule has 7 rings (SSSR count). The molecule has 0 bridgehead atoms. The summed E-state index contributed by atoms with van der Waals surface area (Å²) in [6.07, 6.45) is 8.11. The highest BCUT2D eigenvalue weighted by atomic mass is 35.5. The topological polar surface area (TPSA) is 76.6 Å². The molecule has 6 fully saturated rings. The Morgan fingerprint density at radius 2 is 1.57 bits per heavy atom. The van der Waals surface area contributed by atoms with Gasteiger partial charge in [-0.3, -0.25) is 19.3 Å². The largest absolute Gasteiger partial charge is 0.368 e. The van der Waals surface area contributed by atoms with Gasteiger partial charge < -0.3 is 24.3 Å². The lowest BCUT2D eigenvalue weighted by molar-refractivity contribution is -0.148. The molecule has 0 N–H and O–H groups in total. The maximum atomic E-state index is 15.0. The quantitative estimate of drug-likeness (QED) is 0.433. The van der Waals surface area contributed by atoms with Crippen LogP contribution in [0.4, 0.5) is 0 Å². The Hall–Kier alpha value is -2.20. The fourth-order valence-electron chi connectivity index (χ4n) is 9.07. The number of hydrogen-bond donors (Lipinski definition) is 0. The van der Waals surface area contributed by atoms with Crippen LogP contribution in [0.25, 0.3) is 0 Å². The minimum Gasteiger partial charge on any atom is -0.368 e. The second-order valence-electron chi connectivity index (χ2n) is 16.1. The van der Waals surface area contributed by atoms with Gasteiger partial charge in [-0.2, -0.15) is 0 Å². The van der Waals surface area contributed by atoms with Gasteiger partial charge in [0.05, 0.1) is 12.0 Å². The molecule has 9 nitrogen and oxygen atoms in total. The molecule has 4 heterocycles. The van der Waals surface area contributed by atoms with E-state index in [0.29, 0.717) is 50.3 Å². The molecule has 0 aromatic heterocycles.